The minimum absolute atomic E-state index is 0.0717. The van der Waals surface area contributed by atoms with Crippen LogP contribution in [-0.2, 0) is 19.1 Å². The summed E-state index contributed by atoms with van der Waals surface area (Å²) in [4.78, 5) is 32.0. The van der Waals surface area contributed by atoms with Crippen LogP contribution >= 0.6 is 0 Å². The van der Waals surface area contributed by atoms with Gasteiger partial charge >= 0.3 is 11.9 Å². The van der Waals surface area contributed by atoms with Crippen molar-refractivity contribution in [1.82, 2.24) is 0 Å². The van der Waals surface area contributed by atoms with Crippen LogP contribution in [0.25, 0.3) is 0 Å². The number of carbonyl (C=O) groups is 3. The monoisotopic (exact) mass is 214 g/mol. The van der Waals surface area contributed by atoms with Crippen LogP contribution in [0.4, 0.5) is 0 Å². The molecule has 0 aliphatic heterocycles. The van der Waals surface area contributed by atoms with Crippen molar-refractivity contribution in [3.63, 3.8) is 0 Å². The first kappa shape index (κ1) is 13.4. The second-order valence-corrected chi connectivity index (χ2v) is 3.07. The molecule has 0 spiro atoms. The van der Waals surface area contributed by atoms with Crippen LogP contribution in [-0.4, -0.2) is 28.9 Å². The molecule has 0 aromatic rings. The van der Waals surface area contributed by atoms with Gasteiger partial charge in [-0.05, 0) is 13.0 Å². The molecule has 5 nitrogen and oxygen atoms in total. The van der Waals surface area contributed by atoms with Gasteiger partial charge in [-0.15, -0.1) is 0 Å². The number of aliphatic carboxylic acids is 1. The lowest BCUT2D eigenvalue weighted by molar-refractivity contribution is -0.152. The predicted octanol–water partition coefficient (Wildman–Crippen LogP) is 0.928. The second kappa shape index (κ2) is 6.75. The number of hydrogen-bond acceptors (Lipinski definition) is 4. The summed E-state index contributed by atoms with van der Waals surface area (Å²) in [5.41, 5.74) is 0. The smallest absolute Gasteiger partial charge is 0.306 e. The van der Waals surface area contributed by atoms with Crippen LogP contribution in [0.3, 0.4) is 0 Å². The predicted molar refractivity (Wildman–Crippen MR) is 52.2 cm³/mol. The first-order chi connectivity index (χ1) is 6.95. The van der Waals surface area contributed by atoms with E-state index in [1.165, 1.54) is 0 Å². The average molecular weight is 214 g/mol. The summed E-state index contributed by atoms with van der Waals surface area (Å²) in [7, 11) is 0. The lowest BCUT2D eigenvalue weighted by atomic mass is 10.2. The molecule has 0 heterocycles. The van der Waals surface area contributed by atoms with Gasteiger partial charge in [0.1, 0.15) is 6.10 Å². The number of carbonyl (C=O) groups excluding carboxylic acids is 2. The third-order valence-corrected chi connectivity index (χ3v) is 1.59. The minimum atomic E-state index is -1.05. The first-order valence-electron chi connectivity index (χ1n) is 4.52. The zero-order chi connectivity index (χ0) is 11.8. The zero-order valence-corrected chi connectivity index (χ0v) is 8.56. The van der Waals surface area contributed by atoms with Crippen LogP contribution < -0.4 is 0 Å². The molecular weight excluding hydrogens is 200 g/mol. The van der Waals surface area contributed by atoms with Crippen molar-refractivity contribution in [3.8, 4) is 0 Å². The molecule has 0 aromatic heterocycles. The highest BCUT2D eigenvalue weighted by molar-refractivity contribution is 5.89. The summed E-state index contributed by atoms with van der Waals surface area (Å²) in [6.07, 6.45) is 0.240. The molecule has 0 saturated carbocycles. The standard InChI is InChI=1S/C10H14O5/c1-3-8(11)6-7(2)15-10(14)5-4-9(12)13/h3,7H,1,4-6H2,2H3,(H,12,13). The van der Waals surface area contributed by atoms with Crippen molar-refractivity contribution in [1.29, 1.82) is 0 Å². The number of esters is 1. The van der Waals surface area contributed by atoms with Gasteiger partial charge in [0.2, 0.25) is 0 Å². The van der Waals surface area contributed by atoms with Gasteiger partial charge in [-0.1, -0.05) is 6.58 Å². The molecular formula is C10H14O5. The molecule has 0 radical (unpaired) electrons. The Bertz CT molecular complexity index is 269. The topological polar surface area (TPSA) is 80.7 Å². The Morgan fingerprint density at radius 2 is 2.00 bits per heavy atom. The quantitative estimate of drug-likeness (QED) is 0.503. The molecule has 15 heavy (non-hydrogen) atoms. The van der Waals surface area contributed by atoms with Crippen molar-refractivity contribution in [3.05, 3.63) is 12.7 Å². The Morgan fingerprint density at radius 1 is 1.40 bits per heavy atom. The van der Waals surface area contributed by atoms with Gasteiger partial charge in [0, 0.05) is 6.42 Å². The minimum Gasteiger partial charge on any atom is -0.481 e. The van der Waals surface area contributed by atoms with E-state index in [0.29, 0.717) is 0 Å². The summed E-state index contributed by atoms with van der Waals surface area (Å²) in [6, 6.07) is 0. The maximum atomic E-state index is 11.0. The van der Waals surface area contributed by atoms with Gasteiger partial charge in [0.15, 0.2) is 5.78 Å². The zero-order valence-electron chi connectivity index (χ0n) is 8.56. The molecule has 0 aromatic carbocycles. The van der Waals surface area contributed by atoms with Gasteiger partial charge < -0.3 is 9.84 Å². The highest BCUT2D eigenvalue weighted by atomic mass is 16.5. The van der Waals surface area contributed by atoms with E-state index in [9.17, 15) is 14.4 Å². The number of ether oxygens (including phenoxy) is 1. The maximum absolute atomic E-state index is 11.0. The van der Waals surface area contributed by atoms with Gasteiger partial charge in [-0.2, -0.15) is 0 Å². The van der Waals surface area contributed by atoms with E-state index in [1.807, 2.05) is 0 Å². The molecule has 1 unspecified atom stereocenters. The molecule has 84 valence electrons. The van der Waals surface area contributed by atoms with E-state index in [1.54, 1.807) is 6.92 Å². The molecule has 0 fully saturated rings. The molecule has 0 aliphatic carbocycles. The third kappa shape index (κ3) is 7.42. The Balaban J connectivity index is 3.80. The Kier molecular flexibility index (Phi) is 6.01. The second-order valence-electron chi connectivity index (χ2n) is 3.07. The number of ketones is 1. The van der Waals surface area contributed by atoms with Crippen molar-refractivity contribution in [2.75, 3.05) is 0 Å². The first-order valence-corrected chi connectivity index (χ1v) is 4.52. The molecule has 5 heteroatoms. The van der Waals surface area contributed by atoms with Gasteiger partial charge in [0.25, 0.3) is 0 Å². The summed E-state index contributed by atoms with van der Waals surface area (Å²) >= 11 is 0. The largest absolute Gasteiger partial charge is 0.481 e. The Hall–Kier alpha value is -1.65. The van der Waals surface area contributed by atoms with Crippen LogP contribution in [0.1, 0.15) is 26.2 Å². The molecule has 0 aliphatic rings. The summed E-state index contributed by atoms with van der Waals surface area (Å²) in [5, 5.41) is 8.30. The normalized spacial score (nSPS) is 11.5. The van der Waals surface area contributed by atoms with Crippen molar-refractivity contribution in [2.24, 2.45) is 0 Å². The van der Waals surface area contributed by atoms with Crippen LogP contribution in [0.2, 0.25) is 0 Å². The van der Waals surface area contributed by atoms with Crippen molar-refractivity contribution < 1.29 is 24.2 Å². The summed E-state index contributed by atoms with van der Waals surface area (Å²) in [5.74, 6) is -1.88. The average Bonchev–Trinajstić information content (AvgIpc) is 2.14. The lowest BCUT2D eigenvalue weighted by Crippen LogP contribution is -2.18. The van der Waals surface area contributed by atoms with E-state index in [-0.39, 0.29) is 25.0 Å². The fourth-order valence-electron chi connectivity index (χ4n) is 0.901. The number of carboxylic acids is 1. The maximum Gasteiger partial charge on any atom is 0.306 e. The Morgan fingerprint density at radius 3 is 2.47 bits per heavy atom. The molecule has 0 bridgehead atoms. The fraction of sp³-hybridized carbons (Fsp3) is 0.500. The van der Waals surface area contributed by atoms with Gasteiger partial charge in [-0.3, -0.25) is 14.4 Å². The fourth-order valence-corrected chi connectivity index (χ4v) is 0.901. The number of hydrogen-bond donors (Lipinski definition) is 1. The van der Waals surface area contributed by atoms with E-state index in [4.69, 9.17) is 9.84 Å². The SMILES string of the molecule is C=CC(=O)CC(C)OC(=O)CCC(=O)O. The number of rotatable bonds is 7. The van der Waals surface area contributed by atoms with Crippen LogP contribution in [0.5, 0.6) is 0 Å². The van der Waals surface area contributed by atoms with Crippen molar-refractivity contribution >= 4 is 17.7 Å². The Labute approximate surface area is 87.7 Å². The molecule has 0 saturated heterocycles. The third-order valence-electron chi connectivity index (χ3n) is 1.59. The summed E-state index contributed by atoms with van der Waals surface area (Å²) in [6.45, 7) is 4.85. The highest BCUT2D eigenvalue weighted by Crippen LogP contribution is 2.02. The van der Waals surface area contributed by atoms with E-state index < -0.39 is 18.0 Å². The van der Waals surface area contributed by atoms with Crippen LogP contribution in [0, 0.1) is 0 Å². The number of carboxylic acid groups (broad SMARTS) is 1. The molecule has 1 N–H and O–H groups in total. The number of allylic oxidation sites excluding steroid dienone is 1. The van der Waals surface area contributed by atoms with Crippen molar-refractivity contribution in [2.45, 2.75) is 32.3 Å². The summed E-state index contributed by atoms with van der Waals surface area (Å²) < 4.78 is 4.80. The lowest BCUT2D eigenvalue weighted by Gasteiger charge is -2.10. The molecule has 0 amide bonds. The van der Waals surface area contributed by atoms with E-state index >= 15 is 0 Å². The highest BCUT2D eigenvalue weighted by Gasteiger charge is 2.13. The van der Waals surface area contributed by atoms with E-state index in [0.717, 1.165) is 6.08 Å². The molecule has 0 rings (SSSR count). The van der Waals surface area contributed by atoms with Gasteiger partial charge in [-0.25, -0.2) is 0 Å². The van der Waals surface area contributed by atoms with Crippen LogP contribution in [0.15, 0.2) is 12.7 Å². The van der Waals surface area contributed by atoms with Gasteiger partial charge in [0.05, 0.1) is 12.8 Å². The van der Waals surface area contributed by atoms with E-state index in [2.05, 4.69) is 6.58 Å². The molecule has 1 atom stereocenters.